The molecule has 1 atom stereocenters. The number of sulfonamides is 1. The highest BCUT2D eigenvalue weighted by molar-refractivity contribution is 7.92. The molecule has 3 rings (SSSR count). The molecule has 0 aliphatic heterocycles. The first kappa shape index (κ1) is 29.1. The summed E-state index contributed by atoms with van der Waals surface area (Å²) in [5, 5.41) is 2.99. The van der Waals surface area contributed by atoms with Gasteiger partial charge in [-0.3, -0.25) is 13.9 Å². The van der Waals surface area contributed by atoms with E-state index in [1.54, 1.807) is 44.2 Å². The van der Waals surface area contributed by atoms with Gasteiger partial charge in [0.1, 0.15) is 18.4 Å². The molecule has 0 aliphatic rings. The summed E-state index contributed by atoms with van der Waals surface area (Å²) in [5.41, 5.74) is 2.33. The molecular formula is C28H31ClFN3O4S. The lowest BCUT2D eigenvalue weighted by Gasteiger charge is -2.33. The molecule has 0 aliphatic carbocycles. The molecule has 202 valence electrons. The van der Waals surface area contributed by atoms with Gasteiger partial charge >= 0.3 is 0 Å². The number of nitrogens with one attached hydrogen (secondary N) is 1. The Hall–Kier alpha value is -3.43. The van der Waals surface area contributed by atoms with Crippen LogP contribution in [0.25, 0.3) is 0 Å². The van der Waals surface area contributed by atoms with Gasteiger partial charge in [0.2, 0.25) is 11.8 Å². The molecule has 0 spiro atoms. The number of carbonyl (C=O) groups is 2. The summed E-state index contributed by atoms with van der Waals surface area (Å²) in [7, 11) is -2.71. The van der Waals surface area contributed by atoms with Gasteiger partial charge < -0.3 is 10.2 Å². The first-order chi connectivity index (χ1) is 18.0. The SMILES string of the molecule is CCC(C(=O)NC)N(Cc1ccc(F)cc1)C(=O)CN(c1ccc(Cl)cc1C)S(=O)(=O)c1ccc(C)cc1. The lowest BCUT2D eigenvalue weighted by atomic mass is 10.1. The molecule has 1 unspecified atom stereocenters. The van der Waals surface area contributed by atoms with E-state index in [0.717, 1.165) is 9.87 Å². The fraction of sp³-hybridized carbons (Fsp3) is 0.286. The molecule has 0 radical (unpaired) electrons. The molecule has 1 N–H and O–H groups in total. The number of anilines is 1. The molecule has 0 bridgehead atoms. The van der Waals surface area contributed by atoms with E-state index in [1.807, 2.05) is 6.92 Å². The van der Waals surface area contributed by atoms with Crippen molar-refractivity contribution in [2.75, 3.05) is 17.9 Å². The third kappa shape index (κ3) is 6.71. The Kier molecular flexibility index (Phi) is 9.51. The van der Waals surface area contributed by atoms with E-state index >= 15 is 0 Å². The number of halogens is 2. The molecule has 7 nitrogen and oxygen atoms in total. The monoisotopic (exact) mass is 559 g/mol. The van der Waals surface area contributed by atoms with Gasteiger partial charge in [-0.1, -0.05) is 48.4 Å². The molecule has 3 aromatic carbocycles. The molecule has 3 aromatic rings. The molecule has 0 saturated carbocycles. The standard InChI is InChI=1S/C28H31ClFN3O4S/c1-5-25(28(35)31-4)32(17-21-8-11-23(30)12-9-21)27(34)18-33(26-15-10-22(29)16-20(26)3)38(36,37)24-13-6-19(2)7-14-24/h6-16,25H,5,17-18H2,1-4H3,(H,31,35). The fourth-order valence-corrected chi connectivity index (χ4v) is 5.83. The van der Waals surface area contributed by atoms with Crippen molar-refractivity contribution >= 4 is 39.1 Å². The number of hydrogen-bond acceptors (Lipinski definition) is 4. The number of aryl methyl sites for hydroxylation is 2. The second-order valence-electron chi connectivity index (χ2n) is 8.94. The first-order valence-corrected chi connectivity index (χ1v) is 13.9. The molecule has 0 saturated heterocycles. The van der Waals surface area contributed by atoms with Crippen molar-refractivity contribution in [1.82, 2.24) is 10.2 Å². The number of likely N-dealkylation sites (N-methyl/N-ethyl adjacent to an activating group) is 1. The van der Waals surface area contributed by atoms with Gasteiger partial charge in [-0.05, 0) is 73.9 Å². The number of nitrogens with zero attached hydrogens (tertiary/aromatic N) is 2. The minimum Gasteiger partial charge on any atom is -0.357 e. The summed E-state index contributed by atoms with van der Waals surface area (Å²) in [6, 6.07) is 15.8. The Balaban J connectivity index is 2.09. The number of rotatable bonds is 10. The fourth-order valence-electron chi connectivity index (χ4n) is 4.12. The summed E-state index contributed by atoms with van der Waals surface area (Å²) >= 11 is 6.12. The normalized spacial score (nSPS) is 12.1. The smallest absolute Gasteiger partial charge is 0.264 e. The minimum atomic E-state index is -4.18. The van der Waals surface area contributed by atoms with Gasteiger partial charge in [-0.25, -0.2) is 12.8 Å². The quantitative estimate of drug-likeness (QED) is 0.385. The van der Waals surface area contributed by atoms with Crippen molar-refractivity contribution in [3.8, 4) is 0 Å². The Bertz CT molecular complexity index is 1400. The van der Waals surface area contributed by atoms with Crippen molar-refractivity contribution in [3.63, 3.8) is 0 Å². The van der Waals surface area contributed by atoms with Gasteiger partial charge in [0.15, 0.2) is 0 Å². The van der Waals surface area contributed by atoms with Crippen LogP contribution < -0.4 is 9.62 Å². The topological polar surface area (TPSA) is 86.8 Å². The maximum absolute atomic E-state index is 13.9. The van der Waals surface area contributed by atoms with Crippen molar-refractivity contribution in [2.45, 2.75) is 44.7 Å². The zero-order valence-corrected chi connectivity index (χ0v) is 23.3. The molecule has 0 heterocycles. The summed E-state index contributed by atoms with van der Waals surface area (Å²) in [6.45, 7) is 4.74. The van der Waals surface area contributed by atoms with Crippen LogP contribution in [0, 0.1) is 19.7 Å². The molecule has 0 fully saturated rings. The average molecular weight is 560 g/mol. The lowest BCUT2D eigenvalue weighted by Crippen LogP contribution is -2.51. The van der Waals surface area contributed by atoms with Crippen LogP contribution in [0.4, 0.5) is 10.1 Å². The molecule has 38 heavy (non-hydrogen) atoms. The van der Waals surface area contributed by atoms with Crippen LogP contribution in [0.3, 0.4) is 0 Å². The second kappa shape index (κ2) is 12.4. The zero-order valence-electron chi connectivity index (χ0n) is 21.7. The van der Waals surface area contributed by atoms with Crippen LogP contribution in [0.1, 0.15) is 30.0 Å². The summed E-state index contributed by atoms with van der Waals surface area (Å²) in [4.78, 5) is 27.9. The van der Waals surface area contributed by atoms with E-state index < -0.39 is 40.2 Å². The number of benzene rings is 3. The molecule has 10 heteroatoms. The van der Waals surface area contributed by atoms with Gasteiger partial charge in [-0.15, -0.1) is 0 Å². The van der Waals surface area contributed by atoms with Crippen molar-refractivity contribution in [1.29, 1.82) is 0 Å². The zero-order chi connectivity index (χ0) is 28.0. The van der Waals surface area contributed by atoms with Crippen molar-refractivity contribution in [2.24, 2.45) is 0 Å². The maximum Gasteiger partial charge on any atom is 0.264 e. The third-order valence-corrected chi connectivity index (χ3v) is 8.22. The summed E-state index contributed by atoms with van der Waals surface area (Å²) in [5.74, 6) is -1.41. The minimum absolute atomic E-state index is 0.0109. The van der Waals surface area contributed by atoms with Crippen LogP contribution in [-0.2, 0) is 26.2 Å². The third-order valence-electron chi connectivity index (χ3n) is 6.21. The van der Waals surface area contributed by atoms with Crippen LogP contribution >= 0.6 is 11.6 Å². The van der Waals surface area contributed by atoms with Gasteiger partial charge in [0.25, 0.3) is 10.0 Å². The Morgan fingerprint density at radius 2 is 1.63 bits per heavy atom. The average Bonchev–Trinajstić information content (AvgIpc) is 2.88. The largest absolute Gasteiger partial charge is 0.357 e. The first-order valence-electron chi connectivity index (χ1n) is 12.1. The van der Waals surface area contributed by atoms with E-state index in [1.165, 1.54) is 48.3 Å². The van der Waals surface area contributed by atoms with Crippen LogP contribution in [0.2, 0.25) is 5.02 Å². The Labute approximate surface area is 228 Å². The highest BCUT2D eigenvalue weighted by atomic mass is 35.5. The van der Waals surface area contributed by atoms with E-state index in [9.17, 15) is 22.4 Å². The highest BCUT2D eigenvalue weighted by Gasteiger charge is 2.34. The predicted octanol–water partition coefficient (Wildman–Crippen LogP) is 4.84. The van der Waals surface area contributed by atoms with Gasteiger partial charge in [0.05, 0.1) is 10.6 Å². The second-order valence-corrected chi connectivity index (χ2v) is 11.2. The van der Waals surface area contributed by atoms with E-state index in [4.69, 9.17) is 11.6 Å². The Morgan fingerprint density at radius 3 is 2.18 bits per heavy atom. The van der Waals surface area contributed by atoms with Gasteiger partial charge in [-0.2, -0.15) is 0 Å². The molecule has 2 amide bonds. The van der Waals surface area contributed by atoms with Gasteiger partial charge in [0, 0.05) is 18.6 Å². The lowest BCUT2D eigenvalue weighted by molar-refractivity contribution is -0.140. The van der Waals surface area contributed by atoms with E-state index in [-0.39, 0.29) is 23.5 Å². The summed E-state index contributed by atoms with van der Waals surface area (Å²) < 4.78 is 42.3. The number of carbonyl (C=O) groups excluding carboxylic acids is 2. The maximum atomic E-state index is 13.9. The predicted molar refractivity (Wildman–Crippen MR) is 147 cm³/mol. The van der Waals surface area contributed by atoms with E-state index in [0.29, 0.717) is 16.1 Å². The van der Waals surface area contributed by atoms with Crippen molar-refractivity contribution < 1.29 is 22.4 Å². The molecule has 0 aromatic heterocycles. The van der Waals surface area contributed by atoms with Crippen molar-refractivity contribution in [3.05, 3.63) is 94.3 Å². The van der Waals surface area contributed by atoms with Crippen LogP contribution in [-0.4, -0.2) is 44.8 Å². The number of hydrogen-bond donors (Lipinski definition) is 1. The van der Waals surface area contributed by atoms with Crippen LogP contribution in [0.15, 0.2) is 71.6 Å². The Morgan fingerprint density at radius 1 is 1.00 bits per heavy atom. The molecular weight excluding hydrogens is 529 g/mol. The van der Waals surface area contributed by atoms with Crippen LogP contribution in [0.5, 0.6) is 0 Å². The van der Waals surface area contributed by atoms with E-state index in [2.05, 4.69) is 5.32 Å². The number of amides is 2. The highest BCUT2D eigenvalue weighted by Crippen LogP contribution is 2.29. The summed E-state index contributed by atoms with van der Waals surface area (Å²) in [6.07, 6.45) is 0.289.